The van der Waals surface area contributed by atoms with Crippen molar-refractivity contribution in [1.29, 1.82) is 0 Å². The molecule has 1 amide bonds. The lowest BCUT2D eigenvalue weighted by atomic mass is 10.2. The average molecular weight is 225 g/mol. The number of aromatic nitrogens is 2. The zero-order valence-corrected chi connectivity index (χ0v) is 9.85. The molecule has 0 aliphatic carbocycles. The second-order valence-electron chi connectivity index (χ2n) is 4.02. The summed E-state index contributed by atoms with van der Waals surface area (Å²) in [6.45, 7) is 6.30. The third-order valence-electron chi connectivity index (χ3n) is 1.93. The zero-order valence-electron chi connectivity index (χ0n) is 9.85. The van der Waals surface area contributed by atoms with Crippen LogP contribution in [0.15, 0.2) is 18.7 Å². The van der Waals surface area contributed by atoms with Gasteiger partial charge in [0, 0.05) is 32.2 Å². The molecule has 0 spiro atoms. The van der Waals surface area contributed by atoms with Gasteiger partial charge in [-0.15, -0.1) is 0 Å². The fourth-order valence-electron chi connectivity index (χ4n) is 1.16. The van der Waals surface area contributed by atoms with Crippen molar-refractivity contribution in [3.8, 4) is 0 Å². The SMILES string of the molecule is CC(C)COCCCNC(=O)n1ccnc1. The predicted octanol–water partition coefficient (Wildman–Crippen LogP) is 1.50. The molecule has 1 aromatic heterocycles. The van der Waals surface area contributed by atoms with Crippen molar-refractivity contribution in [3.63, 3.8) is 0 Å². The van der Waals surface area contributed by atoms with Crippen LogP contribution in [0.5, 0.6) is 0 Å². The number of carbonyl (C=O) groups is 1. The minimum absolute atomic E-state index is 0.152. The summed E-state index contributed by atoms with van der Waals surface area (Å²) in [6.07, 6.45) is 5.49. The molecule has 16 heavy (non-hydrogen) atoms. The third kappa shape index (κ3) is 4.93. The van der Waals surface area contributed by atoms with Crippen LogP contribution in [0.4, 0.5) is 4.79 Å². The maximum absolute atomic E-state index is 11.4. The van der Waals surface area contributed by atoms with E-state index in [1.165, 1.54) is 10.9 Å². The highest BCUT2D eigenvalue weighted by Gasteiger charge is 2.01. The number of nitrogens with zero attached hydrogens (tertiary/aromatic N) is 2. The zero-order chi connectivity index (χ0) is 11.8. The van der Waals surface area contributed by atoms with Crippen LogP contribution in [0.25, 0.3) is 0 Å². The van der Waals surface area contributed by atoms with Crippen LogP contribution in [0.3, 0.4) is 0 Å². The minimum atomic E-state index is -0.152. The standard InChI is InChI=1S/C11H19N3O2/c1-10(2)8-16-7-3-4-13-11(15)14-6-5-12-9-14/h5-6,9-10H,3-4,7-8H2,1-2H3,(H,13,15). The third-order valence-corrected chi connectivity index (χ3v) is 1.93. The van der Waals surface area contributed by atoms with E-state index < -0.39 is 0 Å². The van der Waals surface area contributed by atoms with E-state index in [4.69, 9.17) is 4.74 Å². The van der Waals surface area contributed by atoms with Crippen molar-refractivity contribution in [2.45, 2.75) is 20.3 Å². The summed E-state index contributed by atoms with van der Waals surface area (Å²) in [7, 11) is 0. The van der Waals surface area contributed by atoms with Gasteiger partial charge in [-0.3, -0.25) is 4.57 Å². The van der Waals surface area contributed by atoms with E-state index in [1.807, 2.05) is 0 Å². The molecule has 1 heterocycles. The summed E-state index contributed by atoms with van der Waals surface area (Å²) in [5, 5.41) is 2.78. The lowest BCUT2D eigenvalue weighted by molar-refractivity contribution is 0.108. The molecule has 5 nitrogen and oxygen atoms in total. The number of carbonyl (C=O) groups excluding carboxylic acids is 1. The number of nitrogens with one attached hydrogen (secondary N) is 1. The Hall–Kier alpha value is -1.36. The number of rotatable bonds is 6. The summed E-state index contributed by atoms with van der Waals surface area (Å²) < 4.78 is 6.81. The van der Waals surface area contributed by atoms with Crippen molar-refractivity contribution in [3.05, 3.63) is 18.7 Å². The van der Waals surface area contributed by atoms with Gasteiger partial charge in [0.15, 0.2) is 0 Å². The molecule has 1 aromatic rings. The Bertz CT molecular complexity index is 296. The Morgan fingerprint density at radius 2 is 2.38 bits per heavy atom. The minimum Gasteiger partial charge on any atom is -0.381 e. The van der Waals surface area contributed by atoms with Gasteiger partial charge in [0.1, 0.15) is 6.33 Å². The van der Waals surface area contributed by atoms with Crippen molar-refractivity contribution in [1.82, 2.24) is 14.9 Å². The van der Waals surface area contributed by atoms with Gasteiger partial charge in [-0.25, -0.2) is 9.78 Å². The Morgan fingerprint density at radius 3 is 3.00 bits per heavy atom. The van der Waals surface area contributed by atoms with Crippen LogP contribution >= 0.6 is 0 Å². The average Bonchev–Trinajstić information content (AvgIpc) is 2.75. The molecule has 0 aliphatic heterocycles. The topological polar surface area (TPSA) is 56.1 Å². The predicted molar refractivity (Wildman–Crippen MR) is 61.3 cm³/mol. The van der Waals surface area contributed by atoms with Gasteiger partial charge in [0.25, 0.3) is 0 Å². The summed E-state index contributed by atoms with van der Waals surface area (Å²) in [5.41, 5.74) is 0. The number of amides is 1. The van der Waals surface area contributed by atoms with Gasteiger partial charge in [-0.2, -0.15) is 0 Å². The van der Waals surface area contributed by atoms with E-state index in [0.29, 0.717) is 19.1 Å². The Kier molecular flexibility index (Phi) is 5.56. The first kappa shape index (κ1) is 12.7. The van der Waals surface area contributed by atoms with Crippen molar-refractivity contribution in [2.75, 3.05) is 19.8 Å². The monoisotopic (exact) mass is 225 g/mol. The molecule has 90 valence electrons. The Balaban J connectivity index is 2.01. The van der Waals surface area contributed by atoms with E-state index in [1.54, 1.807) is 12.4 Å². The molecule has 0 unspecified atom stereocenters. The van der Waals surface area contributed by atoms with Crippen LogP contribution in [-0.4, -0.2) is 35.3 Å². The summed E-state index contributed by atoms with van der Waals surface area (Å²) in [6, 6.07) is -0.152. The smallest absolute Gasteiger partial charge is 0.326 e. The first-order chi connectivity index (χ1) is 7.70. The molecule has 0 atom stereocenters. The lowest BCUT2D eigenvalue weighted by Crippen LogP contribution is -2.29. The molecule has 0 aromatic carbocycles. The highest BCUT2D eigenvalue weighted by molar-refractivity contribution is 5.76. The Labute approximate surface area is 95.8 Å². The van der Waals surface area contributed by atoms with Crippen LogP contribution in [0, 0.1) is 5.92 Å². The lowest BCUT2D eigenvalue weighted by Gasteiger charge is -2.07. The molecule has 0 bridgehead atoms. The van der Waals surface area contributed by atoms with Crippen molar-refractivity contribution >= 4 is 6.03 Å². The first-order valence-electron chi connectivity index (χ1n) is 5.54. The van der Waals surface area contributed by atoms with E-state index >= 15 is 0 Å². The van der Waals surface area contributed by atoms with Gasteiger partial charge in [0.2, 0.25) is 0 Å². The number of hydrogen-bond donors (Lipinski definition) is 1. The molecule has 1 rings (SSSR count). The molecule has 0 saturated heterocycles. The van der Waals surface area contributed by atoms with Gasteiger partial charge in [-0.1, -0.05) is 13.8 Å². The van der Waals surface area contributed by atoms with Gasteiger partial charge in [-0.05, 0) is 12.3 Å². The number of imidazole rings is 1. The molecule has 1 N–H and O–H groups in total. The van der Waals surface area contributed by atoms with E-state index in [2.05, 4.69) is 24.1 Å². The molecule has 0 fully saturated rings. The molecule has 5 heteroatoms. The van der Waals surface area contributed by atoms with E-state index in [-0.39, 0.29) is 6.03 Å². The summed E-state index contributed by atoms with van der Waals surface area (Å²) in [4.78, 5) is 15.2. The summed E-state index contributed by atoms with van der Waals surface area (Å²) in [5.74, 6) is 0.556. The van der Waals surface area contributed by atoms with E-state index in [9.17, 15) is 4.79 Å². The van der Waals surface area contributed by atoms with Gasteiger partial charge < -0.3 is 10.1 Å². The molecular weight excluding hydrogens is 206 g/mol. The van der Waals surface area contributed by atoms with Crippen LogP contribution < -0.4 is 5.32 Å². The van der Waals surface area contributed by atoms with Crippen molar-refractivity contribution < 1.29 is 9.53 Å². The van der Waals surface area contributed by atoms with Crippen LogP contribution in [0.2, 0.25) is 0 Å². The quantitative estimate of drug-likeness (QED) is 0.746. The van der Waals surface area contributed by atoms with Crippen LogP contribution in [-0.2, 0) is 4.74 Å². The van der Waals surface area contributed by atoms with E-state index in [0.717, 1.165) is 13.0 Å². The van der Waals surface area contributed by atoms with Crippen molar-refractivity contribution in [2.24, 2.45) is 5.92 Å². The number of ether oxygens (including phenoxy) is 1. The largest absolute Gasteiger partial charge is 0.381 e. The number of hydrogen-bond acceptors (Lipinski definition) is 3. The first-order valence-corrected chi connectivity index (χ1v) is 5.54. The van der Waals surface area contributed by atoms with Gasteiger partial charge in [0.05, 0.1) is 0 Å². The second kappa shape index (κ2) is 7.00. The highest BCUT2D eigenvalue weighted by Crippen LogP contribution is 1.93. The second-order valence-corrected chi connectivity index (χ2v) is 4.02. The Morgan fingerprint density at radius 1 is 1.56 bits per heavy atom. The fourth-order valence-corrected chi connectivity index (χ4v) is 1.16. The molecule has 0 aliphatic rings. The maximum atomic E-state index is 11.4. The maximum Gasteiger partial charge on any atom is 0.326 e. The molecule has 0 radical (unpaired) electrons. The molecular formula is C11H19N3O2. The van der Waals surface area contributed by atoms with Crippen LogP contribution in [0.1, 0.15) is 20.3 Å². The van der Waals surface area contributed by atoms with Gasteiger partial charge >= 0.3 is 6.03 Å². The normalized spacial score (nSPS) is 10.7. The molecule has 0 saturated carbocycles. The summed E-state index contributed by atoms with van der Waals surface area (Å²) >= 11 is 0. The fraction of sp³-hybridized carbons (Fsp3) is 0.636. The highest BCUT2D eigenvalue weighted by atomic mass is 16.5.